The van der Waals surface area contributed by atoms with Crippen molar-refractivity contribution in [2.75, 3.05) is 0 Å². The Kier molecular flexibility index (Phi) is 22.2. The van der Waals surface area contributed by atoms with Gasteiger partial charge in [-0.05, 0) is 59.8 Å². The predicted molar refractivity (Wildman–Crippen MR) is 240 cm³/mol. The first kappa shape index (κ1) is 46.9. The Morgan fingerprint density at radius 1 is 0.607 bits per heavy atom. The van der Waals surface area contributed by atoms with Gasteiger partial charge in [-0.2, -0.15) is 12.1 Å². The monoisotopic (exact) mass is 865 g/mol. The minimum absolute atomic E-state index is 0.455. The van der Waals surface area contributed by atoms with Gasteiger partial charge in [0.1, 0.15) is 0 Å². The molecule has 6 rings (SSSR count). The van der Waals surface area contributed by atoms with Crippen LogP contribution in [0.3, 0.4) is 0 Å². The van der Waals surface area contributed by atoms with Crippen LogP contribution in [0.1, 0.15) is 114 Å². The van der Waals surface area contributed by atoms with Gasteiger partial charge in [-0.3, -0.25) is 9.59 Å². The third kappa shape index (κ3) is 13.9. The average molecular weight is 868 g/mol. The van der Waals surface area contributed by atoms with E-state index in [1.807, 2.05) is 0 Å². The number of halogens is 2. The summed E-state index contributed by atoms with van der Waals surface area (Å²) in [6.45, 7) is 13.7. The fraction of sp³-hybridized carbons (Fsp3) is 0.333. The molecule has 0 aromatic heterocycles. The molecule has 0 aliphatic rings. The Morgan fingerprint density at radius 3 is 1.34 bits per heavy atom. The number of carbonyl (C=O) groups is 2. The molecule has 2 N–H and O–H groups in total. The van der Waals surface area contributed by atoms with E-state index in [-0.39, 0.29) is 0 Å². The molecule has 0 bridgehead atoms. The van der Waals surface area contributed by atoms with Crippen molar-refractivity contribution in [3.63, 3.8) is 0 Å². The Balaban J connectivity index is 0.000000243. The summed E-state index contributed by atoms with van der Waals surface area (Å²) < 4.78 is 0. The Bertz CT molecular complexity index is 1900. The molecule has 0 spiro atoms. The van der Waals surface area contributed by atoms with Crippen LogP contribution in [0.15, 0.2) is 109 Å². The molecule has 0 saturated carbocycles. The number of aryl methyl sites for hydroxylation is 2. The van der Waals surface area contributed by atoms with Crippen LogP contribution in [0.5, 0.6) is 0 Å². The first-order valence-electron chi connectivity index (χ1n) is 20.0. The van der Waals surface area contributed by atoms with Crippen molar-refractivity contribution < 1.29 is 30.4 Å². The van der Waals surface area contributed by atoms with Gasteiger partial charge < -0.3 is 10.5 Å². The zero-order valence-corrected chi connectivity index (χ0v) is 38.0. The number of unbranched alkanes of at least 4 members (excludes halogenated alkanes) is 2. The molecule has 6 aromatic rings. The quantitative estimate of drug-likeness (QED) is 0.0441. The SMILES string of the molecule is CCCCc1ccccc1-c1cccc2[cH-]c(C(C)CC)cc12.CCCCc1ccccc1-c1cccc2[cH-]c(C(C)CC)cc12.O=CN[B]NC=O.[Cl][Zr+2][Cl]. The first-order chi connectivity index (χ1) is 27.3. The molecule has 0 fully saturated rings. The molecule has 293 valence electrons. The standard InChI is InChI=1S/2C23H27.C2H4BN2O2.2ClH.Zr/c2*1-4-6-10-18-11-7-8-13-21(18)22-14-9-12-19-15-20(16-23(19)22)17(3)5-2;6-1-4-3-5-2-7;;;/h2*7-9,11-17H,4-6,10H2,1-3H3;1-2H,(H,4,6)(H,5,7);2*1H;/q2*-1;;;;+4/p-2. The van der Waals surface area contributed by atoms with Gasteiger partial charge in [-0.15, -0.1) is 69.1 Å². The summed E-state index contributed by atoms with van der Waals surface area (Å²) in [6.07, 6.45) is 10.6. The zero-order valence-electron chi connectivity index (χ0n) is 34.0. The molecule has 1 radical (unpaired) electrons. The second-order valence-corrected chi connectivity index (χ2v) is 17.9. The van der Waals surface area contributed by atoms with Crippen LogP contribution in [0, 0.1) is 0 Å². The van der Waals surface area contributed by atoms with Crippen molar-refractivity contribution in [3.8, 4) is 22.3 Å². The summed E-state index contributed by atoms with van der Waals surface area (Å²) in [6, 6.07) is 40.9. The van der Waals surface area contributed by atoms with Crippen LogP contribution < -0.4 is 10.5 Å². The van der Waals surface area contributed by atoms with E-state index < -0.39 is 20.8 Å². The van der Waals surface area contributed by atoms with E-state index >= 15 is 0 Å². The van der Waals surface area contributed by atoms with Crippen molar-refractivity contribution in [2.24, 2.45) is 0 Å². The summed E-state index contributed by atoms with van der Waals surface area (Å²) in [5.74, 6) is 1.26. The van der Waals surface area contributed by atoms with Crippen LogP contribution in [-0.2, 0) is 43.3 Å². The van der Waals surface area contributed by atoms with Gasteiger partial charge in [0, 0.05) is 0 Å². The molecule has 0 aliphatic carbocycles. The van der Waals surface area contributed by atoms with E-state index in [0.29, 0.717) is 24.7 Å². The molecular formula is C48H58BCl2N2O2Zr. The predicted octanol–water partition coefficient (Wildman–Crippen LogP) is 13.6. The summed E-state index contributed by atoms with van der Waals surface area (Å²) in [7, 11) is 11.0. The Hall–Kier alpha value is -3.43. The van der Waals surface area contributed by atoms with Crippen LogP contribution >= 0.6 is 17.0 Å². The van der Waals surface area contributed by atoms with Gasteiger partial charge in [0.2, 0.25) is 0 Å². The van der Waals surface area contributed by atoms with Crippen molar-refractivity contribution >= 4 is 58.9 Å². The van der Waals surface area contributed by atoms with E-state index in [2.05, 4.69) is 161 Å². The normalized spacial score (nSPS) is 11.4. The van der Waals surface area contributed by atoms with Crippen molar-refractivity contribution in [1.82, 2.24) is 10.5 Å². The molecule has 2 atom stereocenters. The summed E-state index contributed by atoms with van der Waals surface area (Å²) in [5.41, 5.74) is 11.5. The fourth-order valence-electron chi connectivity index (χ4n) is 6.88. The van der Waals surface area contributed by atoms with E-state index in [0.717, 1.165) is 7.55 Å². The molecule has 2 amide bonds. The average Bonchev–Trinajstić information content (AvgIpc) is 3.88. The van der Waals surface area contributed by atoms with Gasteiger partial charge >= 0.3 is 45.4 Å². The molecule has 0 heterocycles. The van der Waals surface area contributed by atoms with E-state index in [4.69, 9.17) is 17.0 Å². The Morgan fingerprint density at radius 2 is 0.982 bits per heavy atom. The van der Waals surface area contributed by atoms with Gasteiger partial charge in [-0.1, -0.05) is 139 Å². The first-order valence-corrected chi connectivity index (χ1v) is 26.4. The second-order valence-electron chi connectivity index (χ2n) is 14.1. The van der Waals surface area contributed by atoms with Gasteiger partial charge in [0.15, 0.2) is 12.8 Å². The van der Waals surface area contributed by atoms with Crippen LogP contribution in [0.2, 0.25) is 0 Å². The van der Waals surface area contributed by atoms with Crippen molar-refractivity contribution in [1.29, 1.82) is 0 Å². The minimum atomic E-state index is -0.826. The second kappa shape index (κ2) is 26.5. The maximum absolute atomic E-state index is 9.38. The molecular weight excluding hydrogens is 809 g/mol. The third-order valence-corrected chi connectivity index (χ3v) is 10.4. The molecule has 56 heavy (non-hydrogen) atoms. The Labute approximate surface area is 355 Å². The number of nitrogens with one attached hydrogen (secondary N) is 2. The summed E-state index contributed by atoms with van der Waals surface area (Å²) in [5, 5.41) is 9.78. The van der Waals surface area contributed by atoms with Crippen LogP contribution in [0.25, 0.3) is 43.8 Å². The number of benzene rings is 4. The fourth-order valence-corrected chi connectivity index (χ4v) is 6.88. The van der Waals surface area contributed by atoms with Crippen molar-refractivity contribution in [3.05, 3.63) is 131 Å². The number of amides is 2. The van der Waals surface area contributed by atoms with E-state index in [1.165, 1.54) is 117 Å². The molecule has 6 aromatic carbocycles. The number of hydrogen-bond donors (Lipinski definition) is 2. The number of hydrogen-bond acceptors (Lipinski definition) is 2. The summed E-state index contributed by atoms with van der Waals surface area (Å²) >= 11 is -0.826. The molecule has 0 aliphatic heterocycles. The molecule has 0 saturated heterocycles. The van der Waals surface area contributed by atoms with E-state index in [9.17, 15) is 9.59 Å². The van der Waals surface area contributed by atoms with Gasteiger partial charge in [0.25, 0.3) is 0 Å². The molecule has 4 nitrogen and oxygen atoms in total. The maximum atomic E-state index is 9.38. The number of rotatable bonds is 16. The topological polar surface area (TPSA) is 58.2 Å². The summed E-state index contributed by atoms with van der Waals surface area (Å²) in [4.78, 5) is 18.8. The third-order valence-electron chi connectivity index (χ3n) is 10.4. The van der Waals surface area contributed by atoms with Gasteiger partial charge in [0.05, 0.1) is 0 Å². The van der Waals surface area contributed by atoms with Gasteiger partial charge in [-0.25, -0.2) is 0 Å². The molecule has 8 heteroatoms. The number of fused-ring (bicyclic) bond motifs is 2. The van der Waals surface area contributed by atoms with Crippen LogP contribution in [0.4, 0.5) is 0 Å². The van der Waals surface area contributed by atoms with E-state index in [1.54, 1.807) is 0 Å². The van der Waals surface area contributed by atoms with Crippen LogP contribution in [-0.4, -0.2) is 20.4 Å². The zero-order chi connectivity index (χ0) is 40.7. The van der Waals surface area contributed by atoms with Crippen molar-refractivity contribution in [2.45, 2.75) is 105 Å². The number of carbonyl (C=O) groups excluding carboxylic acids is 2. The molecule has 2 unspecified atom stereocenters.